The Morgan fingerprint density at radius 3 is 1.66 bits per heavy atom. The number of anilines is 3. The first-order chi connectivity index (χ1) is 35.2. The van der Waals surface area contributed by atoms with Crippen molar-refractivity contribution >= 4 is 60.4 Å². The Morgan fingerprint density at radius 2 is 0.873 bits per heavy atom. The van der Waals surface area contributed by atoms with E-state index < -0.39 is 5.41 Å². The average Bonchev–Trinajstić information content (AvgIpc) is 3.95. The second kappa shape index (κ2) is 16.5. The Hall–Kier alpha value is -9.24. The van der Waals surface area contributed by atoms with Crippen molar-refractivity contribution < 1.29 is 0 Å². The summed E-state index contributed by atoms with van der Waals surface area (Å²) in [5.41, 5.74) is 18.7. The van der Waals surface area contributed by atoms with E-state index >= 15 is 0 Å². The van der Waals surface area contributed by atoms with E-state index in [2.05, 4.69) is 289 Å². The second-order valence-corrected chi connectivity index (χ2v) is 18.8. The Balaban J connectivity index is 0.901. The van der Waals surface area contributed by atoms with Gasteiger partial charge >= 0.3 is 0 Å². The van der Waals surface area contributed by atoms with Crippen molar-refractivity contribution in [3.05, 3.63) is 301 Å². The van der Waals surface area contributed by atoms with Gasteiger partial charge in [0.25, 0.3) is 0 Å². The van der Waals surface area contributed by atoms with Crippen LogP contribution in [-0.2, 0) is 5.41 Å². The van der Waals surface area contributed by atoms with E-state index in [0.29, 0.717) is 0 Å². The Labute approximate surface area is 413 Å². The molecule has 12 aromatic carbocycles. The molecule has 2 nitrogen and oxygen atoms in total. The number of benzene rings is 12. The van der Waals surface area contributed by atoms with E-state index in [9.17, 15) is 0 Å². The first kappa shape index (κ1) is 40.8. The van der Waals surface area contributed by atoms with Crippen molar-refractivity contribution in [1.82, 2.24) is 4.57 Å². The molecule has 332 valence electrons. The maximum absolute atomic E-state index is 2.54. The highest BCUT2D eigenvalue weighted by Crippen LogP contribution is 2.58. The minimum atomic E-state index is -0.547. The van der Waals surface area contributed by atoms with Gasteiger partial charge in [0, 0.05) is 33.1 Å². The van der Waals surface area contributed by atoms with Gasteiger partial charge in [0.2, 0.25) is 0 Å². The number of rotatable bonds is 8. The van der Waals surface area contributed by atoms with Crippen LogP contribution in [0.15, 0.2) is 279 Å². The zero-order valence-electron chi connectivity index (χ0n) is 39.0. The predicted molar refractivity (Wildman–Crippen MR) is 299 cm³/mol. The molecule has 2 heteroatoms. The zero-order valence-corrected chi connectivity index (χ0v) is 39.0. The third-order valence-electron chi connectivity index (χ3n) is 15.0. The molecule has 14 rings (SSSR count). The zero-order chi connectivity index (χ0) is 46.9. The van der Waals surface area contributed by atoms with Gasteiger partial charge in [-0.25, -0.2) is 0 Å². The van der Waals surface area contributed by atoms with E-state index in [-0.39, 0.29) is 0 Å². The Morgan fingerprint density at radius 1 is 0.310 bits per heavy atom. The lowest BCUT2D eigenvalue weighted by Crippen LogP contribution is -2.29. The fourth-order valence-corrected chi connectivity index (χ4v) is 11.9. The number of para-hydroxylation sites is 1. The molecule has 1 heterocycles. The standard InChI is InChI=1S/C69H46N2/c1-3-23-54(24-4-1)69(55-25-5-2-6-26-55)63-32-13-11-29-59(63)62-31-17-35-66(68(62)69)71-65-33-14-12-30-60(65)61-43-41-53(46-67(61)71)49-38-36-48(37-39-49)52-22-15-27-56(44-52)70(57-42-40-47-18-7-8-20-51(47)45-57)64-34-16-21-50-19-9-10-28-58(50)64/h1-46H. The van der Waals surface area contributed by atoms with Crippen LogP contribution >= 0.6 is 0 Å². The van der Waals surface area contributed by atoms with Crippen molar-refractivity contribution in [1.29, 1.82) is 0 Å². The van der Waals surface area contributed by atoms with Crippen LogP contribution in [0.25, 0.3) is 82.4 Å². The van der Waals surface area contributed by atoms with Crippen LogP contribution in [0.4, 0.5) is 17.1 Å². The van der Waals surface area contributed by atoms with Crippen LogP contribution < -0.4 is 4.90 Å². The van der Waals surface area contributed by atoms with Gasteiger partial charge in [-0.15, -0.1) is 0 Å². The van der Waals surface area contributed by atoms with E-state index in [1.54, 1.807) is 0 Å². The van der Waals surface area contributed by atoms with Gasteiger partial charge in [-0.05, 0) is 115 Å². The molecule has 0 amide bonds. The lowest BCUT2D eigenvalue weighted by Gasteiger charge is -2.35. The largest absolute Gasteiger partial charge is 0.310 e. The Bertz CT molecular complexity index is 4120. The van der Waals surface area contributed by atoms with Crippen molar-refractivity contribution in [2.75, 3.05) is 4.90 Å². The first-order valence-electron chi connectivity index (χ1n) is 24.6. The maximum atomic E-state index is 2.54. The minimum absolute atomic E-state index is 0.547. The summed E-state index contributed by atoms with van der Waals surface area (Å²) in [7, 11) is 0. The van der Waals surface area contributed by atoms with Gasteiger partial charge in [-0.1, -0.05) is 231 Å². The van der Waals surface area contributed by atoms with Gasteiger partial charge in [0.15, 0.2) is 0 Å². The van der Waals surface area contributed by atoms with Gasteiger partial charge in [0.05, 0.1) is 27.8 Å². The quantitative estimate of drug-likeness (QED) is 0.147. The van der Waals surface area contributed by atoms with Crippen LogP contribution in [0.1, 0.15) is 22.3 Å². The van der Waals surface area contributed by atoms with Gasteiger partial charge < -0.3 is 9.47 Å². The van der Waals surface area contributed by atoms with Crippen LogP contribution in [0, 0.1) is 0 Å². The summed E-state index contributed by atoms with van der Waals surface area (Å²) < 4.78 is 2.54. The summed E-state index contributed by atoms with van der Waals surface area (Å²) in [6, 6.07) is 103. The third kappa shape index (κ3) is 6.42. The lowest BCUT2D eigenvalue weighted by atomic mass is 9.67. The van der Waals surface area contributed by atoms with Crippen molar-refractivity contribution in [3.8, 4) is 39.1 Å². The van der Waals surface area contributed by atoms with E-state index in [0.717, 1.165) is 22.6 Å². The molecule has 1 aliphatic carbocycles. The van der Waals surface area contributed by atoms with Crippen LogP contribution in [-0.4, -0.2) is 4.57 Å². The van der Waals surface area contributed by atoms with Gasteiger partial charge in [0.1, 0.15) is 0 Å². The van der Waals surface area contributed by atoms with Gasteiger partial charge in [-0.2, -0.15) is 0 Å². The molecule has 1 aliphatic rings. The molecule has 0 saturated carbocycles. The third-order valence-corrected chi connectivity index (χ3v) is 15.0. The van der Waals surface area contributed by atoms with Gasteiger partial charge in [-0.3, -0.25) is 0 Å². The van der Waals surface area contributed by atoms with Crippen LogP contribution in [0.2, 0.25) is 0 Å². The summed E-state index contributed by atoms with van der Waals surface area (Å²) in [6.45, 7) is 0. The number of hydrogen-bond acceptors (Lipinski definition) is 1. The average molecular weight is 903 g/mol. The fraction of sp³-hybridized carbons (Fsp3) is 0.0145. The normalized spacial score (nSPS) is 12.6. The molecule has 0 spiro atoms. The molecule has 0 saturated heterocycles. The topological polar surface area (TPSA) is 8.17 Å². The molecule has 0 N–H and O–H groups in total. The summed E-state index contributed by atoms with van der Waals surface area (Å²) in [4.78, 5) is 2.41. The highest BCUT2D eigenvalue weighted by molar-refractivity contribution is 6.11. The van der Waals surface area contributed by atoms with Crippen molar-refractivity contribution in [3.63, 3.8) is 0 Å². The summed E-state index contributed by atoms with van der Waals surface area (Å²) in [6.07, 6.45) is 0. The maximum Gasteiger partial charge on any atom is 0.0734 e. The molecular formula is C69H46N2. The molecule has 13 aromatic rings. The number of hydrogen-bond donors (Lipinski definition) is 0. The molecule has 0 atom stereocenters. The van der Waals surface area contributed by atoms with Crippen molar-refractivity contribution in [2.45, 2.75) is 5.41 Å². The van der Waals surface area contributed by atoms with E-state index in [1.807, 2.05) is 0 Å². The number of fused-ring (bicyclic) bond motifs is 8. The molecule has 1 aromatic heterocycles. The molecule has 0 aliphatic heterocycles. The number of aromatic nitrogens is 1. The highest BCUT2D eigenvalue weighted by atomic mass is 15.1. The molecule has 0 bridgehead atoms. The van der Waals surface area contributed by atoms with Crippen molar-refractivity contribution in [2.24, 2.45) is 0 Å². The molecule has 0 fully saturated rings. The summed E-state index contributed by atoms with van der Waals surface area (Å²) >= 11 is 0. The summed E-state index contributed by atoms with van der Waals surface area (Å²) in [5.74, 6) is 0. The van der Waals surface area contributed by atoms with Crippen LogP contribution in [0.5, 0.6) is 0 Å². The smallest absolute Gasteiger partial charge is 0.0734 e. The van der Waals surface area contributed by atoms with E-state index in [4.69, 9.17) is 0 Å². The van der Waals surface area contributed by atoms with E-state index in [1.165, 1.54) is 99.1 Å². The lowest BCUT2D eigenvalue weighted by molar-refractivity contribution is 0.762. The van der Waals surface area contributed by atoms with Crippen LogP contribution in [0.3, 0.4) is 0 Å². The monoisotopic (exact) mass is 902 g/mol. The molecule has 0 unspecified atom stereocenters. The Kier molecular flexibility index (Phi) is 9.47. The molecular weight excluding hydrogens is 857 g/mol. The summed E-state index contributed by atoms with van der Waals surface area (Å²) in [5, 5.41) is 7.34. The predicted octanol–water partition coefficient (Wildman–Crippen LogP) is 18.3. The minimum Gasteiger partial charge on any atom is -0.310 e. The first-order valence-corrected chi connectivity index (χ1v) is 24.6. The molecule has 0 radical (unpaired) electrons. The second-order valence-electron chi connectivity index (χ2n) is 18.8. The number of nitrogens with zero attached hydrogens (tertiary/aromatic N) is 2. The molecule has 71 heavy (non-hydrogen) atoms. The highest BCUT2D eigenvalue weighted by Gasteiger charge is 2.48. The SMILES string of the molecule is c1ccc(C2(c3ccccc3)c3ccccc3-c3cccc(-n4c5ccccc5c5ccc(-c6ccc(-c7cccc(N(c8ccc9ccccc9c8)c8cccc9ccccc89)c7)cc6)cc54)c32)cc1. The fourth-order valence-electron chi connectivity index (χ4n) is 11.9.